The van der Waals surface area contributed by atoms with Crippen LogP contribution in [0.4, 0.5) is 11.8 Å². The molecule has 1 amide bonds. The van der Waals surface area contributed by atoms with Gasteiger partial charge in [0.2, 0.25) is 11.9 Å². The molecule has 1 fully saturated rings. The van der Waals surface area contributed by atoms with Crippen molar-refractivity contribution in [1.29, 1.82) is 0 Å². The summed E-state index contributed by atoms with van der Waals surface area (Å²) >= 11 is 0. The average Bonchev–Trinajstić information content (AvgIpc) is 3.47. The number of unbranched alkanes of at least 4 members (excludes halogenated alkanes) is 3. The molecule has 5 atom stereocenters. The van der Waals surface area contributed by atoms with Gasteiger partial charge in [-0.3, -0.25) is 14.2 Å². The second-order valence-corrected chi connectivity index (χ2v) is 13.1. The van der Waals surface area contributed by atoms with Crippen LogP contribution in [0.1, 0.15) is 44.8 Å². The number of amides is 1. The molecular weight excluding hydrogens is 586 g/mol. The van der Waals surface area contributed by atoms with Gasteiger partial charge in [-0.15, -0.1) is 0 Å². The predicted molar refractivity (Wildman–Crippen MR) is 158 cm³/mol. The third kappa shape index (κ3) is 10.2. The third-order valence-electron chi connectivity index (χ3n) is 7.09. The Morgan fingerprint density at radius 1 is 1.16 bits per heavy atom. The number of sulfone groups is 1. The van der Waals surface area contributed by atoms with Crippen molar-refractivity contribution in [2.24, 2.45) is 5.73 Å². The lowest BCUT2D eigenvalue weighted by molar-refractivity contribution is -0.138. The summed E-state index contributed by atoms with van der Waals surface area (Å²) < 4.78 is 29.7. The van der Waals surface area contributed by atoms with Crippen molar-refractivity contribution in [2.45, 2.75) is 69.1 Å². The van der Waals surface area contributed by atoms with E-state index < -0.39 is 46.4 Å². The summed E-state index contributed by atoms with van der Waals surface area (Å²) in [6.07, 6.45) is 1.60. The second kappa shape index (κ2) is 15.5. The van der Waals surface area contributed by atoms with E-state index in [-0.39, 0.29) is 47.6 Å². The number of nitrogens with zero attached hydrogens (tertiary/aromatic N) is 5. The number of carboxylic acid groups (broad SMARTS) is 1. The molecule has 3 heterocycles. The summed E-state index contributed by atoms with van der Waals surface area (Å²) in [5.74, 6) is -0.794. The smallest absolute Gasteiger partial charge is 0.320 e. The molecule has 3 rings (SSSR count). The molecule has 0 spiro atoms. The van der Waals surface area contributed by atoms with E-state index in [1.54, 1.807) is 11.9 Å². The number of aliphatic carboxylic acids is 1. The van der Waals surface area contributed by atoms with Crippen molar-refractivity contribution in [3.63, 3.8) is 0 Å². The maximum absolute atomic E-state index is 12.1. The quantitative estimate of drug-likeness (QED) is 0.0905. The van der Waals surface area contributed by atoms with E-state index in [0.717, 1.165) is 12.8 Å². The van der Waals surface area contributed by atoms with Crippen molar-refractivity contribution in [3.8, 4) is 0 Å². The normalized spacial score (nSPS) is 21.3. The summed E-state index contributed by atoms with van der Waals surface area (Å²) in [4.78, 5) is 37.7. The van der Waals surface area contributed by atoms with E-state index in [4.69, 9.17) is 21.3 Å². The van der Waals surface area contributed by atoms with Gasteiger partial charge in [0.1, 0.15) is 39.7 Å². The van der Waals surface area contributed by atoms with Gasteiger partial charge in [0.15, 0.2) is 17.7 Å². The fourth-order valence-electron chi connectivity index (χ4n) is 4.66. The number of carboxylic acids is 1. The number of aliphatic hydroxyl groups excluding tert-OH is 2. The Balaban J connectivity index is 1.51. The highest BCUT2D eigenvalue weighted by Crippen LogP contribution is 2.32. The third-order valence-corrected chi connectivity index (χ3v) is 8.12. The molecule has 0 aliphatic carbocycles. The van der Waals surface area contributed by atoms with Crippen LogP contribution in [-0.4, -0.2) is 130 Å². The van der Waals surface area contributed by atoms with Gasteiger partial charge in [-0.25, -0.2) is 13.4 Å². The highest BCUT2D eigenvalue weighted by atomic mass is 32.2. The van der Waals surface area contributed by atoms with Crippen LogP contribution in [0, 0.1) is 0 Å². The monoisotopic (exact) mass is 629 g/mol. The number of ether oxygens (including phenoxy) is 1. The van der Waals surface area contributed by atoms with E-state index in [0.29, 0.717) is 38.9 Å². The predicted octanol–water partition coefficient (Wildman–Crippen LogP) is -1.72. The number of hydrogen-bond acceptors (Lipinski definition) is 14. The largest absolute Gasteiger partial charge is 0.480 e. The molecule has 1 saturated heterocycles. The molecule has 0 aromatic carbocycles. The minimum absolute atomic E-state index is 0.0882. The summed E-state index contributed by atoms with van der Waals surface area (Å²) in [6, 6.07) is -1.01. The van der Waals surface area contributed by atoms with Crippen molar-refractivity contribution in [1.82, 2.24) is 29.7 Å². The zero-order chi connectivity index (χ0) is 31.7. The first-order chi connectivity index (χ1) is 20.3. The number of fused-ring (bicyclic) bond motifs is 1. The van der Waals surface area contributed by atoms with Gasteiger partial charge in [-0.1, -0.05) is 12.8 Å². The number of nitrogens with one attached hydrogen (secondary N) is 2. The lowest BCUT2D eigenvalue weighted by atomic mass is 10.1. The second-order valence-electron chi connectivity index (χ2n) is 10.9. The van der Waals surface area contributed by atoms with E-state index >= 15 is 0 Å². The minimum Gasteiger partial charge on any atom is -0.480 e. The van der Waals surface area contributed by atoms with Gasteiger partial charge in [0.05, 0.1) is 6.33 Å². The number of nitrogens with two attached hydrogens (primary N) is 2. The number of rotatable bonds is 18. The van der Waals surface area contributed by atoms with Crippen molar-refractivity contribution < 1.29 is 38.1 Å². The highest BCUT2D eigenvalue weighted by molar-refractivity contribution is 7.90. The van der Waals surface area contributed by atoms with Crippen LogP contribution in [0.15, 0.2) is 6.33 Å². The molecule has 17 nitrogen and oxygen atoms in total. The van der Waals surface area contributed by atoms with Crippen molar-refractivity contribution in [2.75, 3.05) is 56.3 Å². The molecule has 2 aromatic rings. The minimum atomic E-state index is -2.96. The topological polar surface area (TPSA) is 261 Å². The standard InChI is InChI=1S/C25H43N9O8S/c1-33(11-8-15(26)24(38)39)13-16-19(36)20(37)23(42-16)34-14-30-18-21(27)31-25(32-22(18)34)29-10-9-28-17(35)7-5-3-4-6-12-43(2,40)41/h14-16,19-20,23,36-37H,3-13,26H2,1-2H3,(H,28,35)(H,38,39)(H3,27,29,31,32)/t15-,16+,19+,20+,23+/m0/s1. The zero-order valence-electron chi connectivity index (χ0n) is 24.4. The lowest BCUT2D eigenvalue weighted by Crippen LogP contribution is -2.40. The van der Waals surface area contributed by atoms with Crippen LogP contribution in [0.25, 0.3) is 11.2 Å². The number of aliphatic hydroxyl groups is 2. The molecule has 0 unspecified atom stereocenters. The fourth-order valence-corrected chi connectivity index (χ4v) is 5.39. The Morgan fingerprint density at radius 2 is 1.88 bits per heavy atom. The van der Waals surface area contributed by atoms with Gasteiger partial charge in [0, 0.05) is 38.1 Å². The molecule has 0 saturated carbocycles. The first kappa shape index (κ1) is 34.3. The van der Waals surface area contributed by atoms with E-state index in [2.05, 4.69) is 25.6 Å². The Bertz CT molecular complexity index is 1340. The first-order valence-corrected chi connectivity index (χ1v) is 16.2. The Labute approximate surface area is 249 Å². The van der Waals surface area contributed by atoms with Crippen LogP contribution >= 0.6 is 0 Å². The molecule has 0 bridgehead atoms. The van der Waals surface area contributed by atoms with Crippen LogP contribution < -0.4 is 22.1 Å². The number of hydrogen-bond donors (Lipinski definition) is 7. The van der Waals surface area contributed by atoms with Gasteiger partial charge in [-0.2, -0.15) is 9.97 Å². The number of carbonyl (C=O) groups is 2. The van der Waals surface area contributed by atoms with Crippen LogP contribution in [0.3, 0.4) is 0 Å². The number of imidazole rings is 1. The van der Waals surface area contributed by atoms with Gasteiger partial charge in [-0.05, 0) is 32.9 Å². The average molecular weight is 630 g/mol. The van der Waals surface area contributed by atoms with Gasteiger partial charge < -0.3 is 47.1 Å². The summed E-state index contributed by atoms with van der Waals surface area (Å²) in [7, 11) is -1.22. The SMILES string of the molecule is CN(CC[C@H](N)C(=O)O)C[C@H]1O[C@@H](n2cnc3c(N)nc(NCCNC(=O)CCCCCCS(C)(=O)=O)nc32)[C@H](O)[C@@H]1O. The number of anilines is 2. The van der Waals surface area contributed by atoms with E-state index in [9.17, 15) is 28.2 Å². The summed E-state index contributed by atoms with van der Waals surface area (Å²) in [5.41, 5.74) is 12.2. The van der Waals surface area contributed by atoms with Crippen LogP contribution in [-0.2, 0) is 24.2 Å². The van der Waals surface area contributed by atoms with Gasteiger partial charge >= 0.3 is 5.97 Å². The molecule has 0 radical (unpaired) electrons. The Kier molecular flexibility index (Phi) is 12.4. The molecular formula is C25H43N9O8S. The number of nitrogen functional groups attached to an aromatic ring is 1. The number of aromatic nitrogens is 4. The lowest BCUT2D eigenvalue weighted by Gasteiger charge is -2.23. The number of likely N-dealkylation sites (N-methyl/N-ethyl adjacent to an activating group) is 1. The van der Waals surface area contributed by atoms with E-state index in [1.165, 1.54) is 17.2 Å². The Morgan fingerprint density at radius 3 is 2.58 bits per heavy atom. The van der Waals surface area contributed by atoms with Crippen molar-refractivity contribution in [3.05, 3.63) is 6.33 Å². The molecule has 43 heavy (non-hydrogen) atoms. The van der Waals surface area contributed by atoms with Crippen LogP contribution in [0.2, 0.25) is 0 Å². The highest BCUT2D eigenvalue weighted by Gasteiger charge is 2.44. The summed E-state index contributed by atoms with van der Waals surface area (Å²) in [5, 5.41) is 36.2. The van der Waals surface area contributed by atoms with Gasteiger partial charge in [0.25, 0.3) is 0 Å². The number of carbonyl (C=O) groups excluding carboxylic acids is 1. The molecule has 1 aliphatic heterocycles. The molecule has 1 aliphatic rings. The fraction of sp³-hybridized carbons (Fsp3) is 0.720. The Hall–Kier alpha value is -3.16. The molecule has 9 N–H and O–H groups in total. The van der Waals surface area contributed by atoms with Crippen LogP contribution in [0.5, 0.6) is 0 Å². The molecule has 242 valence electrons. The maximum Gasteiger partial charge on any atom is 0.320 e. The molecule has 18 heteroatoms. The molecule has 2 aromatic heterocycles. The van der Waals surface area contributed by atoms with Crippen molar-refractivity contribution >= 4 is 44.6 Å². The van der Waals surface area contributed by atoms with E-state index in [1.807, 2.05) is 0 Å². The zero-order valence-corrected chi connectivity index (χ0v) is 25.2. The summed E-state index contributed by atoms with van der Waals surface area (Å²) in [6.45, 7) is 1.17. The maximum atomic E-state index is 12.1. The first-order valence-electron chi connectivity index (χ1n) is 14.1.